The molecule has 20 heavy (non-hydrogen) atoms. The Bertz CT molecular complexity index is 556. The summed E-state index contributed by atoms with van der Waals surface area (Å²) in [6, 6.07) is 2.90. The fraction of sp³-hybridized carbons (Fsp3) is 0.231. The van der Waals surface area contributed by atoms with Crippen molar-refractivity contribution >= 4 is 27.8 Å². The molecule has 1 unspecified atom stereocenters. The Balaban J connectivity index is 2.55. The predicted octanol–water partition coefficient (Wildman–Crippen LogP) is 1.56. The molecule has 0 aromatic heterocycles. The topological polar surface area (TPSA) is 75.6 Å². The van der Waals surface area contributed by atoms with Gasteiger partial charge in [-0.2, -0.15) is 0 Å². The van der Waals surface area contributed by atoms with Crippen LogP contribution in [-0.4, -0.2) is 29.6 Å². The van der Waals surface area contributed by atoms with E-state index in [0.717, 1.165) is 0 Å². The Morgan fingerprint density at radius 1 is 1.55 bits per heavy atom. The highest BCUT2D eigenvalue weighted by Gasteiger charge is 2.19. The van der Waals surface area contributed by atoms with Crippen molar-refractivity contribution in [2.24, 2.45) is 0 Å². The second-order valence-corrected chi connectivity index (χ2v) is 4.65. The summed E-state index contributed by atoms with van der Waals surface area (Å²) in [6.45, 7) is -0.507. The van der Waals surface area contributed by atoms with Gasteiger partial charge in [0.25, 0.3) is 5.91 Å². The highest BCUT2D eigenvalue weighted by molar-refractivity contribution is 9.10. The number of terminal acetylenes is 1. The Hall–Kier alpha value is -2.07. The number of hydrogen-bond donors (Lipinski definition) is 2. The van der Waals surface area contributed by atoms with Crippen LogP contribution in [0.3, 0.4) is 0 Å². The number of ether oxygens (including phenoxy) is 1. The van der Waals surface area contributed by atoms with E-state index in [4.69, 9.17) is 16.3 Å². The first-order chi connectivity index (χ1) is 9.43. The van der Waals surface area contributed by atoms with E-state index in [1.54, 1.807) is 6.07 Å². The smallest absolute Gasteiger partial charge is 0.327 e. The Labute approximate surface area is 123 Å². The molecule has 0 fully saturated rings. The largest absolute Gasteiger partial charge is 0.481 e. The predicted molar refractivity (Wildman–Crippen MR) is 72.6 cm³/mol. The number of benzene rings is 1. The fourth-order valence-corrected chi connectivity index (χ4v) is 1.62. The minimum atomic E-state index is -1.24. The molecule has 0 bridgehead atoms. The maximum absolute atomic E-state index is 13.4. The Morgan fingerprint density at radius 3 is 2.80 bits per heavy atom. The average Bonchev–Trinajstić information content (AvgIpc) is 2.37. The van der Waals surface area contributed by atoms with Crippen LogP contribution >= 0.6 is 15.9 Å². The lowest BCUT2D eigenvalue weighted by molar-refractivity contribution is -0.141. The molecule has 1 amide bonds. The van der Waals surface area contributed by atoms with Crippen LogP contribution in [0, 0.1) is 18.2 Å². The molecule has 1 aromatic carbocycles. The van der Waals surface area contributed by atoms with Crippen molar-refractivity contribution < 1.29 is 23.8 Å². The standard InChI is InChI=1S/C13H11BrFNO4/c1-2-3-10(13(18)19)16-12(17)7-20-11-5-4-8(14)6-9(11)15/h1,4-6,10H,3,7H2,(H,16,17)(H,18,19). The Kier molecular flexibility index (Phi) is 6.00. The number of aliphatic carboxylic acids is 1. The van der Waals surface area contributed by atoms with Gasteiger partial charge in [-0.25, -0.2) is 9.18 Å². The van der Waals surface area contributed by atoms with Crippen molar-refractivity contribution in [2.75, 3.05) is 6.61 Å². The maximum atomic E-state index is 13.4. The third-order valence-electron chi connectivity index (χ3n) is 2.21. The van der Waals surface area contributed by atoms with E-state index in [9.17, 15) is 14.0 Å². The summed E-state index contributed by atoms with van der Waals surface area (Å²) < 4.78 is 18.9. The first-order valence-electron chi connectivity index (χ1n) is 5.47. The molecule has 0 radical (unpaired) electrons. The summed E-state index contributed by atoms with van der Waals surface area (Å²) in [6.07, 6.45) is 4.85. The van der Waals surface area contributed by atoms with E-state index < -0.39 is 30.3 Å². The summed E-state index contributed by atoms with van der Waals surface area (Å²) in [5.41, 5.74) is 0. The summed E-state index contributed by atoms with van der Waals surface area (Å²) in [5, 5.41) is 11.0. The number of hydrogen-bond acceptors (Lipinski definition) is 3. The summed E-state index contributed by atoms with van der Waals surface area (Å²) in [4.78, 5) is 22.3. The van der Waals surface area contributed by atoms with Crippen LogP contribution in [0.5, 0.6) is 5.75 Å². The zero-order chi connectivity index (χ0) is 15.1. The quantitative estimate of drug-likeness (QED) is 0.768. The van der Waals surface area contributed by atoms with Crippen molar-refractivity contribution in [3.05, 3.63) is 28.5 Å². The summed E-state index contributed by atoms with van der Waals surface area (Å²) in [7, 11) is 0. The third-order valence-corrected chi connectivity index (χ3v) is 2.70. The second-order valence-electron chi connectivity index (χ2n) is 3.73. The number of halogens is 2. The van der Waals surface area contributed by atoms with Crippen molar-refractivity contribution in [1.29, 1.82) is 0 Å². The normalized spacial score (nSPS) is 11.2. The third kappa shape index (κ3) is 4.90. The second kappa shape index (κ2) is 7.50. The molecule has 0 aliphatic heterocycles. The molecule has 7 heteroatoms. The maximum Gasteiger partial charge on any atom is 0.327 e. The van der Waals surface area contributed by atoms with Gasteiger partial charge in [0, 0.05) is 10.9 Å². The van der Waals surface area contributed by atoms with E-state index in [2.05, 4.69) is 27.2 Å². The van der Waals surface area contributed by atoms with Crippen LogP contribution in [0.2, 0.25) is 0 Å². The van der Waals surface area contributed by atoms with E-state index in [-0.39, 0.29) is 12.2 Å². The monoisotopic (exact) mass is 343 g/mol. The molecule has 106 valence electrons. The number of carboxylic acid groups (broad SMARTS) is 1. The lowest BCUT2D eigenvalue weighted by Crippen LogP contribution is -2.42. The molecule has 1 aromatic rings. The number of carboxylic acids is 1. The van der Waals surface area contributed by atoms with Gasteiger partial charge in [-0.3, -0.25) is 4.79 Å². The summed E-state index contributed by atoms with van der Waals surface area (Å²) in [5.74, 6) is -0.540. The molecule has 0 aliphatic rings. The molecule has 5 nitrogen and oxygen atoms in total. The van der Waals surface area contributed by atoms with Gasteiger partial charge in [0.05, 0.1) is 0 Å². The molecule has 1 rings (SSSR count). The van der Waals surface area contributed by atoms with Gasteiger partial charge in [0.15, 0.2) is 18.2 Å². The molecule has 0 heterocycles. The Morgan fingerprint density at radius 2 is 2.25 bits per heavy atom. The van der Waals surface area contributed by atoms with E-state index in [1.165, 1.54) is 12.1 Å². The molecule has 0 spiro atoms. The number of carbonyl (C=O) groups is 2. The molecular formula is C13H11BrFNO4. The number of carbonyl (C=O) groups excluding carboxylic acids is 1. The van der Waals surface area contributed by atoms with Crippen molar-refractivity contribution in [1.82, 2.24) is 5.32 Å². The lowest BCUT2D eigenvalue weighted by atomic mass is 10.2. The molecule has 2 N–H and O–H groups in total. The molecule has 0 saturated heterocycles. The highest BCUT2D eigenvalue weighted by Crippen LogP contribution is 2.21. The molecule has 1 atom stereocenters. The minimum absolute atomic E-state index is 0.104. The van der Waals surface area contributed by atoms with Crippen LogP contribution in [0.4, 0.5) is 4.39 Å². The number of rotatable bonds is 6. The molecular weight excluding hydrogens is 333 g/mol. The van der Waals surface area contributed by atoms with Crippen LogP contribution in [-0.2, 0) is 9.59 Å². The van der Waals surface area contributed by atoms with Crippen molar-refractivity contribution in [3.63, 3.8) is 0 Å². The van der Waals surface area contributed by atoms with Gasteiger partial charge < -0.3 is 15.2 Å². The fourth-order valence-electron chi connectivity index (χ4n) is 1.29. The van der Waals surface area contributed by atoms with Crippen LogP contribution < -0.4 is 10.1 Å². The average molecular weight is 344 g/mol. The van der Waals surface area contributed by atoms with E-state index >= 15 is 0 Å². The minimum Gasteiger partial charge on any atom is -0.481 e. The van der Waals surface area contributed by atoms with Gasteiger partial charge >= 0.3 is 5.97 Å². The van der Waals surface area contributed by atoms with Gasteiger partial charge in [-0.05, 0) is 18.2 Å². The van der Waals surface area contributed by atoms with Crippen molar-refractivity contribution in [2.45, 2.75) is 12.5 Å². The van der Waals surface area contributed by atoms with Crippen LogP contribution in [0.1, 0.15) is 6.42 Å². The first-order valence-corrected chi connectivity index (χ1v) is 6.27. The van der Waals surface area contributed by atoms with Crippen LogP contribution in [0.25, 0.3) is 0 Å². The van der Waals surface area contributed by atoms with E-state index in [0.29, 0.717) is 4.47 Å². The lowest BCUT2D eigenvalue weighted by Gasteiger charge is -2.12. The SMILES string of the molecule is C#CCC(NC(=O)COc1ccc(Br)cc1F)C(=O)O. The summed E-state index contributed by atoms with van der Waals surface area (Å²) >= 11 is 3.08. The number of amides is 1. The number of nitrogens with one attached hydrogen (secondary N) is 1. The zero-order valence-corrected chi connectivity index (χ0v) is 11.8. The van der Waals surface area contributed by atoms with E-state index in [1.807, 2.05) is 0 Å². The highest BCUT2D eigenvalue weighted by atomic mass is 79.9. The van der Waals surface area contributed by atoms with Gasteiger partial charge in [-0.1, -0.05) is 15.9 Å². The molecule has 0 aliphatic carbocycles. The molecule has 0 saturated carbocycles. The van der Waals surface area contributed by atoms with Gasteiger partial charge in [-0.15, -0.1) is 12.3 Å². The first kappa shape index (κ1) is 16.0. The van der Waals surface area contributed by atoms with Crippen molar-refractivity contribution in [3.8, 4) is 18.1 Å². The van der Waals surface area contributed by atoms with Gasteiger partial charge in [0.2, 0.25) is 0 Å². The zero-order valence-electron chi connectivity index (χ0n) is 10.2. The van der Waals surface area contributed by atoms with Gasteiger partial charge in [0.1, 0.15) is 6.04 Å². The van der Waals surface area contributed by atoms with Crippen LogP contribution in [0.15, 0.2) is 22.7 Å².